The van der Waals surface area contributed by atoms with Crippen LogP contribution in [0.15, 0.2) is 46.2 Å². The molecule has 0 spiro atoms. The van der Waals surface area contributed by atoms with E-state index in [2.05, 4.69) is 25.9 Å². The third-order valence-electron chi connectivity index (χ3n) is 6.56. The lowest BCUT2D eigenvalue weighted by molar-refractivity contribution is -0.138. The van der Waals surface area contributed by atoms with Gasteiger partial charge in [-0.25, -0.2) is 22.9 Å². The zero-order valence-electron chi connectivity index (χ0n) is 21.2. The number of carbonyl (C=O) groups is 3. The molecule has 212 valence electrons. The molecule has 2 fully saturated rings. The Morgan fingerprint density at radius 1 is 1.10 bits per heavy atom. The number of benzene rings is 1. The summed E-state index contributed by atoms with van der Waals surface area (Å²) in [7, 11) is -3.55. The molecule has 0 unspecified atom stereocenters. The molecule has 2 aliphatic heterocycles. The number of hydrogen-bond acceptors (Lipinski definition) is 10. The molecule has 2 saturated heterocycles. The molecule has 0 saturated carbocycles. The maximum absolute atomic E-state index is 13.0. The van der Waals surface area contributed by atoms with E-state index in [-0.39, 0.29) is 17.9 Å². The van der Waals surface area contributed by atoms with E-state index in [1.54, 1.807) is 29.2 Å². The lowest BCUT2D eigenvalue weighted by Crippen LogP contribution is -2.49. The monoisotopic (exact) mass is 589 g/mol. The molecule has 3 atom stereocenters. The first-order chi connectivity index (χ1) is 19.2. The Labute approximate surface area is 233 Å². The number of hydrogen-bond donors (Lipinski definition) is 3. The highest BCUT2D eigenvalue weighted by Gasteiger charge is 2.51. The minimum Gasteiger partial charge on any atom is -0.479 e. The van der Waals surface area contributed by atoms with Gasteiger partial charge >= 0.3 is 5.97 Å². The number of thiazole rings is 1. The summed E-state index contributed by atoms with van der Waals surface area (Å²) in [6.45, 7) is 1.04. The number of epoxide rings is 1. The van der Waals surface area contributed by atoms with Crippen LogP contribution in [0.1, 0.15) is 30.7 Å². The molecule has 1 aromatic carbocycles. The zero-order chi connectivity index (χ0) is 28.3. The third-order valence-corrected chi connectivity index (χ3v) is 9.11. The lowest BCUT2D eigenvalue weighted by atomic mass is 10.1. The average molecular weight is 590 g/mol. The second-order valence-corrected chi connectivity index (χ2v) is 12.0. The van der Waals surface area contributed by atoms with Crippen molar-refractivity contribution in [2.24, 2.45) is 0 Å². The minimum absolute atomic E-state index is 0.00136. The van der Waals surface area contributed by atoms with Crippen LogP contribution in [-0.2, 0) is 42.1 Å². The van der Waals surface area contributed by atoms with Crippen LogP contribution in [0.25, 0.3) is 5.69 Å². The smallest absolute Gasteiger partial charge is 0.336 e. The molecule has 2 aliphatic rings. The molecule has 14 nitrogen and oxygen atoms in total. The highest BCUT2D eigenvalue weighted by Crippen LogP contribution is 2.23. The van der Waals surface area contributed by atoms with Crippen LogP contribution in [-0.4, -0.2) is 86.9 Å². The van der Waals surface area contributed by atoms with E-state index in [0.29, 0.717) is 30.2 Å². The topological polar surface area (TPSA) is 189 Å². The van der Waals surface area contributed by atoms with Crippen LogP contribution in [0.3, 0.4) is 0 Å². The first kappa shape index (κ1) is 27.8. The first-order valence-electron chi connectivity index (χ1n) is 12.6. The number of nitrogens with one attached hydrogen (secondary N) is 2. The van der Waals surface area contributed by atoms with E-state index in [4.69, 9.17) is 9.84 Å². The number of sulfonamides is 1. The number of carboxylic acids is 1. The van der Waals surface area contributed by atoms with Crippen LogP contribution < -0.4 is 10.6 Å². The van der Waals surface area contributed by atoms with Crippen LogP contribution >= 0.6 is 11.3 Å². The van der Waals surface area contributed by atoms with Crippen molar-refractivity contribution in [1.82, 2.24) is 34.9 Å². The van der Waals surface area contributed by atoms with Crippen molar-refractivity contribution in [3.8, 4) is 5.69 Å². The van der Waals surface area contributed by atoms with E-state index >= 15 is 0 Å². The molecule has 3 N–H and O–H groups in total. The van der Waals surface area contributed by atoms with Gasteiger partial charge in [-0.3, -0.25) is 9.59 Å². The highest BCUT2D eigenvalue weighted by atomic mass is 32.2. The van der Waals surface area contributed by atoms with Crippen LogP contribution in [0.5, 0.6) is 0 Å². The quantitative estimate of drug-likeness (QED) is 0.259. The van der Waals surface area contributed by atoms with Crippen molar-refractivity contribution in [2.75, 3.05) is 13.1 Å². The van der Waals surface area contributed by atoms with Gasteiger partial charge in [0.2, 0.25) is 15.9 Å². The Kier molecular flexibility index (Phi) is 8.20. The van der Waals surface area contributed by atoms with Gasteiger partial charge in [-0.2, -0.15) is 4.31 Å². The van der Waals surface area contributed by atoms with Gasteiger partial charge in [0.25, 0.3) is 5.91 Å². The number of nitrogens with zero attached hydrogens (tertiary/aromatic N) is 5. The Morgan fingerprint density at radius 2 is 1.85 bits per heavy atom. The van der Waals surface area contributed by atoms with E-state index in [0.717, 1.165) is 19.3 Å². The van der Waals surface area contributed by atoms with Gasteiger partial charge in [-0.1, -0.05) is 11.6 Å². The number of piperidine rings is 1. The number of rotatable bonds is 11. The number of carbonyl (C=O) groups excluding carboxylic acids is 2. The first-order valence-corrected chi connectivity index (χ1v) is 15.0. The molecule has 3 aromatic rings. The molecule has 5 rings (SSSR count). The molecular weight excluding hydrogens is 562 g/mol. The Hall–Kier alpha value is -3.73. The summed E-state index contributed by atoms with van der Waals surface area (Å²) in [5.74, 6) is -2.46. The predicted octanol–water partition coefficient (Wildman–Crippen LogP) is 0.0941. The molecular formula is C24H27N7O7S2. The van der Waals surface area contributed by atoms with E-state index in [9.17, 15) is 22.8 Å². The summed E-state index contributed by atoms with van der Waals surface area (Å²) in [5, 5.41) is 24.1. The van der Waals surface area contributed by atoms with Gasteiger partial charge in [-0.05, 0) is 37.1 Å². The average Bonchev–Trinajstić information content (AvgIpc) is 3.35. The lowest BCUT2D eigenvalue weighted by Gasteiger charge is -2.25. The normalized spacial score (nSPS) is 20.0. The van der Waals surface area contributed by atoms with Crippen molar-refractivity contribution >= 4 is 39.1 Å². The number of aliphatic carboxylic acids is 1. The van der Waals surface area contributed by atoms with Gasteiger partial charge < -0.3 is 20.5 Å². The van der Waals surface area contributed by atoms with Crippen LogP contribution in [0.4, 0.5) is 0 Å². The second-order valence-electron chi connectivity index (χ2n) is 9.39. The minimum atomic E-state index is -3.55. The predicted molar refractivity (Wildman–Crippen MR) is 140 cm³/mol. The Bertz CT molecular complexity index is 1470. The van der Waals surface area contributed by atoms with Crippen molar-refractivity contribution in [3.63, 3.8) is 0 Å². The number of carboxylic acid groups (broad SMARTS) is 1. The molecule has 40 heavy (non-hydrogen) atoms. The molecule has 16 heteroatoms. The molecule has 0 radical (unpaired) electrons. The van der Waals surface area contributed by atoms with Gasteiger partial charge in [0.15, 0.2) is 12.2 Å². The van der Waals surface area contributed by atoms with Gasteiger partial charge in [0.05, 0.1) is 34.5 Å². The Morgan fingerprint density at radius 3 is 2.50 bits per heavy atom. The van der Waals surface area contributed by atoms with Crippen molar-refractivity contribution in [3.05, 3.63) is 52.7 Å². The largest absolute Gasteiger partial charge is 0.479 e. The fourth-order valence-electron chi connectivity index (χ4n) is 4.34. The summed E-state index contributed by atoms with van der Waals surface area (Å²) >= 11 is 1.34. The summed E-state index contributed by atoms with van der Waals surface area (Å²) < 4.78 is 33.6. The maximum atomic E-state index is 13.0. The molecule has 2 amide bonds. The summed E-state index contributed by atoms with van der Waals surface area (Å²) in [6.07, 6.45) is 2.06. The summed E-state index contributed by atoms with van der Waals surface area (Å²) in [6, 6.07) is 5.33. The SMILES string of the molecule is O=C(NCc1cn(-c2ccc(S(=O)(=O)N3CCCCC3)cc2)nn1)[C@H](Cc1cscn1)NC(=O)[C@H]1O[C@@H]1C(=O)O. The van der Waals surface area contributed by atoms with Crippen LogP contribution in [0, 0.1) is 0 Å². The third kappa shape index (κ3) is 6.35. The van der Waals surface area contributed by atoms with Crippen molar-refractivity contribution < 1.29 is 32.6 Å². The van der Waals surface area contributed by atoms with Crippen LogP contribution in [0.2, 0.25) is 0 Å². The van der Waals surface area contributed by atoms with E-state index in [1.165, 1.54) is 32.5 Å². The standard InChI is InChI=1S/C24H27N7O7S2/c32-22(19(10-15-13-39-14-26-15)27-23(33)20-21(38-20)24(34)35)25-11-16-12-31(29-28-16)17-4-6-18(7-5-17)40(36,37)30-8-2-1-3-9-30/h4-7,12-14,19-21H,1-3,8-11H2,(H,25,32)(H,27,33)(H,34,35)/t19-,20-,21-/m0/s1. The van der Waals surface area contributed by atoms with Gasteiger partial charge in [0, 0.05) is 24.9 Å². The zero-order valence-corrected chi connectivity index (χ0v) is 22.8. The number of ether oxygens (including phenoxy) is 1. The van der Waals surface area contributed by atoms with Gasteiger partial charge in [0.1, 0.15) is 11.7 Å². The van der Waals surface area contributed by atoms with Crippen molar-refractivity contribution in [2.45, 2.75) is 55.4 Å². The van der Waals surface area contributed by atoms with E-state index < -0.39 is 46.1 Å². The molecule has 2 aromatic heterocycles. The maximum Gasteiger partial charge on any atom is 0.336 e. The fourth-order valence-corrected chi connectivity index (χ4v) is 6.43. The summed E-state index contributed by atoms with van der Waals surface area (Å²) in [4.78, 5) is 40.7. The molecule has 0 aliphatic carbocycles. The number of amides is 2. The van der Waals surface area contributed by atoms with Crippen molar-refractivity contribution in [1.29, 1.82) is 0 Å². The highest BCUT2D eigenvalue weighted by molar-refractivity contribution is 7.89. The van der Waals surface area contributed by atoms with E-state index in [1.807, 2.05) is 0 Å². The summed E-state index contributed by atoms with van der Waals surface area (Å²) in [5.41, 5.74) is 3.21. The van der Waals surface area contributed by atoms with Gasteiger partial charge in [-0.15, -0.1) is 16.4 Å². The number of aromatic nitrogens is 4. The molecule has 4 heterocycles. The fraction of sp³-hybridized carbons (Fsp3) is 0.417. The molecule has 0 bridgehead atoms. The second kappa shape index (κ2) is 11.8. The Balaban J connectivity index is 1.20.